The molecule has 0 aliphatic heterocycles. The van der Waals surface area contributed by atoms with Gasteiger partial charge < -0.3 is 10.6 Å². The molecule has 1 heterocycles. The molecule has 3 aromatic rings. The summed E-state index contributed by atoms with van der Waals surface area (Å²) in [6.45, 7) is 2.40. The highest BCUT2D eigenvalue weighted by molar-refractivity contribution is 7.98. The number of benzene rings is 2. The summed E-state index contributed by atoms with van der Waals surface area (Å²) in [5.74, 6) is -0.465. The van der Waals surface area contributed by atoms with E-state index in [0.717, 1.165) is 10.8 Å². The van der Waals surface area contributed by atoms with Gasteiger partial charge in [-0.25, -0.2) is 4.98 Å². The standard InChI is InChI=1S/C20H20N4O2S/c1-3-21-18(25)14-8-7-9-15(12-14)23-19(26)17-13-22-20(27-2)24(17)16-10-5-4-6-11-16/h4-13H,3H2,1-2H3,(H,21,25)(H,23,26). The Morgan fingerprint density at radius 3 is 2.56 bits per heavy atom. The zero-order valence-electron chi connectivity index (χ0n) is 15.1. The molecule has 0 aliphatic carbocycles. The fourth-order valence-corrected chi connectivity index (χ4v) is 3.21. The highest BCUT2D eigenvalue weighted by Gasteiger charge is 2.18. The quantitative estimate of drug-likeness (QED) is 0.641. The molecular weight excluding hydrogens is 360 g/mol. The van der Waals surface area contributed by atoms with Gasteiger partial charge in [0.05, 0.1) is 6.20 Å². The maximum atomic E-state index is 12.9. The monoisotopic (exact) mass is 380 g/mol. The number of para-hydroxylation sites is 1. The molecule has 0 saturated heterocycles. The Balaban J connectivity index is 1.89. The maximum Gasteiger partial charge on any atom is 0.274 e. The van der Waals surface area contributed by atoms with Gasteiger partial charge in [-0.05, 0) is 43.5 Å². The smallest absolute Gasteiger partial charge is 0.274 e. The number of nitrogens with zero attached hydrogens (tertiary/aromatic N) is 2. The highest BCUT2D eigenvalue weighted by atomic mass is 32.2. The van der Waals surface area contributed by atoms with Gasteiger partial charge in [0.25, 0.3) is 11.8 Å². The number of amides is 2. The molecule has 0 radical (unpaired) electrons. The van der Waals surface area contributed by atoms with Crippen LogP contribution in [0.2, 0.25) is 0 Å². The minimum atomic E-state index is -0.292. The third-order valence-corrected chi connectivity index (χ3v) is 4.53. The number of hydrogen-bond acceptors (Lipinski definition) is 4. The minimum absolute atomic E-state index is 0.174. The zero-order valence-corrected chi connectivity index (χ0v) is 15.9. The van der Waals surface area contributed by atoms with Crippen molar-refractivity contribution in [1.82, 2.24) is 14.9 Å². The van der Waals surface area contributed by atoms with E-state index in [-0.39, 0.29) is 11.8 Å². The van der Waals surface area contributed by atoms with Crippen LogP contribution >= 0.6 is 11.8 Å². The van der Waals surface area contributed by atoms with Crippen molar-refractivity contribution in [3.63, 3.8) is 0 Å². The molecule has 0 aliphatic rings. The van der Waals surface area contributed by atoms with E-state index in [1.54, 1.807) is 30.5 Å². The lowest BCUT2D eigenvalue weighted by atomic mass is 10.2. The Kier molecular flexibility index (Phi) is 5.93. The van der Waals surface area contributed by atoms with E-state index in [0.29, 0.717) is 23.5 Å². The van der Waals surface area contributed by atoms with E-state index in [1.807, 2.05) is 48.1 Å². The van der Waals surface area contributed by atoms with Gasteiger partial charge in [0, 0.05) is 23.5 Å². The second-order valence-electron chi connectivity index (χ2n) is 5.70. The number of nitrogens with one attached hydrogen (secondary N) is 2. The summed E-state index contributed by atoms with van der Waals surface area (Å²) in [5, 5.41) is 6.33. The van der Waals surface area contributed by atoms with E-state index in [4.69, 9.17) is 0 Å². The van der Waals surface area contributed by atoms with Crippen LogP contribution in [0.4, 0.5) is 5.69 Å². The lowest BCUT2D eigenvalue weighted by molar-refractivity contribution is 0.0954. The van der Waals surface area contributed by atoms with E-state index in [1.165, 1.54) is 11.8 Å². The molecule has 2 aromatic carbocycles. The van der Waals surface area contributed by atoms with Crippen molar-refractivity contribution in [3.8, 4) is 5.69 Å². The molecule has 0 saturated carbocycles. The summed E-state index contributed by atoms with van der Waals surface area (Å²) in [4.78, 5) is 29.2. The lowest BCUT2D eigenvalue weighted by Gasteiger charge is -2.12. The molecule has 0 atom stereocenters. The second kappa shape index (κ2) is 8.55. The topological polar surface area (TPSA) is 76.0 Å². The number of imidazole rings is 1. The molecule has 1 aromatic heterocycles. The number of hydrogen-bond donors (Lipinski definition) is 2. The molecule has 0 fully saturated rings. The van der Waals surface area contributed by atoms with Gasteiger partial charge >= 0.3 is 0 Å². The van der Waals surface area contributed by atoms with Crippen molar-refractivity contribution < 1.29 is 9.59 Å². The van der Waals surface area contributed by atoms with E-state index in [9.17, 15) is 9.59 Å². The van der Waals surface area contributed by atoms with Crippen LogP contribution in [-0.2, 0) is 0 Å². The predicted octanol–water partition coefficient (Wildman–Crippen LogP) is 3.60. The van der Waals surface area contributed by atoms with Crippen molar-refractivity contribution in [3.05, 3.63) is 72.1 Å². The highest BCUT2D eigenvalue weighted by Crippen LogP contribution is 2.22. The van der Waals surface area contributed by atoms with Crippen molar-refractivity contribution >= 4 is 29.3 Å². The van der Waals surface area contributed by atoms with Gasteiger partial charge in [0.1, 0.15) is 5.69 Å². The molecule has 6 nitrogen and oxygen atoms in total. The van der Waals surface area contributed by atoms with Crippen LogP contribution < -0.4 is 10.6 Å². The van der Waals surface area contributed by atoms with Gasteiger partial charge in [-0.2, -0.15) is 0 Å². The van der Waals surface area contributed by atoms with Crippen molar-refractivity contribution in [2.45, 2.75) is 12.1 Å². The molecule has 2 amide bonds. The number of carbonyl (C=O) groups excluding carboxylic acids is 2. The second-order valence-corrected chi connectivity index (χ2v) is 6.47. The predicted molar refractivity (Wildman–Crippen MR) is 108 cm³/mol. The van der Waals surface area contributed by atoms with Crippen LogP contribution in [0, 0.1) is 0 Å². The third kappa shape index (κ3) is 4.20. The number of rotatable bonds is 6. The summed E-state index contributed by atoms with van der Waals surface area (Å²) in [5.41, 5.74) is 2.33. The summed E-state index contributed by atoms with van der Waals surface area (Å²) < 4.78 is 1.81. The van der Waals surface area contributed by atoms with Gasteiger partial charge in [-0.1, -0.05) is 36.0 Å². The summed E-state index contributed by atoms with van der Waals surface area (Å²) >= 11 is 1.47. The molecule has 7 heteroatoms. The van der Waals surface area contributed by atoms with Crippen LogP contribution in [0.5, 0.6) is 0 Å². The third-order valence-electron chi connectivity index (χ3n) is 3.88. The first-order valence-corrected chi connectivity index (χ1v) is 9.73. The Bertz CT molecular complexity index is 954. The van der Waals surface area contributed by atoms with Crippen LogP contribution in [0.1, 0.15) is 27.8 Å². The lowest BCUT2D eigenvalue weighted by Crippen LogP contribution is -2.23. The number of anilines is 1. The first kappa shape index (κ1) is 18.7. The minimum Gasteiger partial charge on any atom is -0.352 e. The molecular formula is C20H20N4O2S. The largest absolute Gasteiger partial charge is 0.352 e. The van der Waals surface area contributed by atoms with Crippen LogP contribution in [0.25, 0.3) is 5.69 Å². The van der Waals surface area contributed by atoms with Crippen LogP contribution in [-0.4, -0.2) is 34.2 Å². The Hall–Kier alpha value is -3.06. The van der Waals surface area contributed by atoms with Gasteiger partial charge in [-0.3, -0.25) is 14.2 Å². The number of thioether (sulfide) groups is 1. The molecule has 0 bridgehead atoms. The fraction of sp³-hybridized carbons (Fsp3) is 0.150. The van der Waals surface area contributed by atoms with E-state index < -0.39 is 0 Å². The Morgan fingerprint density at radius 2 is 1.85 bits per heavy atom. The van der Waals surface area contributed by atoms with Gasteiger partial charge in [0.15, 0.2) is 5.16 Å². The molecule has 3 rings (SSSR count). The van der Waals surface area contributed by atoms with Crippen molar-refractivity contribution in [2.75, 3.05) is 18.1 Å². The van der Waals surface area contributed by atoms with Gasteiger partial charge in [-0.15, -0.1) is 0 Å². The van der Waals surface area contributed by atoms with Crippen molar-refractivity contribution in [2.24, 2.45) is 0 Å². The first-order valence-electron chi connectivity index (χ1n) is 8.50. The van der Waals surface area contributed by atoms with Crippen LogP contribution in [0.15, 0.2) is 66.0 Å². The average molecular weight is 380 g/mol. The van der Waals surface area contributed by atoms with E-state index in [2.05, 4.69) is 15.6 Å². The van der Waals surface area contributed by atoms with Gasteiger partial charge in [0.2, 0.25) is 0 Å². The molecule has 2 N–H and O–H groups in total. The number of carbonyl (C=O) groups is 2. The molecule has 0 unspecified atom stereocenters. The Labute approximate surface area is 162 Å². The maximum absolute atomic E-state index is 12.9. The van der Waals surface area contributed by atoms with E-state index >= 15 is 0 Å². The summed E-state index contributed by atoms with van der Waals surface area (Å²) in [7, 11) is 0. The molecule has 0 spiro atoms. The molecule has 27 heavy (non-hydrogen) atoms. The zero-order chi connectivity index (χ0) is 19.2. The SMILES string of the molecule is CCNC(=O)c1cccc(NC(=O)c2cnc(SC)n2-c2ccccc2)c1. The fourth-order valence-electron chi connectivity index (χ4n) is 2.66. The van der Waals surface area contributed by atoms with Crippen LogP contribution in [0.3, 0.4) is 0 Å². The Morgan fingerprint density at radius 1 is 1.07 bits per heavy atom. The summed E-state index contributed by atoms with van der Waals surface area (Å²) in [6, 6.07) is 16.4. The average Bonchev–Trinajstić information content (AvgIpc) is 3.13. The van der Waals surface area contributed by atoms with Crippen molar-refractivity contribution in [1.29, 1.82) is 0 Å². The first-order chi connectivity index (χ1) is 13.1. The normalized spacial score (nSPS) is 10.4. The number of aromatic nitrogens is 2. The molecule has 138 valence electrons. The summed E-state index contributed by atoms with van der Waals surface area (Å²) in [6.07, 6.45) is 3.47.